The van der Waals surface area contributed by atoms with Crippen molar-refractivity contribution in [2.45, 2.75) is 0 Å². The van der Waals surface area contributed by atoms with Crippen LogP contribution in [-0.4, -0.2) is 24.6 Å². The summed E-state index contributed by atoms with van der Waals surface area (Å²) in [5.41, 5.74) is 5.04. The summed E-state index contributed by atoms with van der Waals surface area (Å²) in [6.45, 7) is 3.07. The average Bonchev–Trinajstić information content (AvgIpc) is 1.88. The molecule has 2 amide bonds. The number of aliphatic imine (C=N–C) groups is 2. The largest absolute Gasteiger partial charge is 0.368 e. The summed E-state index contributed by atoms with van der Waals surface area (Å²) < 4.78 is 0. The Morgan fingerprint density at radius 3 is 2.80 bits per heavy atom. The van der Waals surface area contributed by atoms with E-state index in [1.54, 1.807) is 0 Å². The van der Waals surface area contributed by atoms with Gasteiger partial charge in [0.05, 0.1) is 5.88 Å². The molecule has 0 aliphatic heterocycles. The topological polar surface area (TPSA) is 79.8 Å². The summed E-state index contributed by atoms with van der Waals surface area (Å²) in [5, 5.41) is 2.28. The van der Waals surface area contributed by atoms with E-state index in [4.69, 9.17) is 5.73 Å². The van der Waals surface area contributed by atoms with Gasteiger partial charge in [0.15, 0.2) is 0 Å². The van der Waals surface area contributed by atoms with Crippen LogP contribution in [0.3, 0.4) is 0 Å². The number of carbonyl (C=O) groups is 1. The fourth-order valence-electron chi connectivity index (χ4n) is 0.247. The van der Waals surface area contributed by atoms with Crippen molar-refractivity contribution in [1.29, 1.82) is 0 Å². The number of nitrogens with one attached hydrogen (secondary N) is 1. The van der Waals surface area contributed by atoms with Crippen molar-refractivity contribution in [1.82, 2.24) is 5.32 Å². The highest BCUT2D eigenvalue weighted by Crippen LogP contribution is 1.76. The van der Waals surface area contributed by atoms with Gasteiger partial charge in [-0.2, -0.15) is 17.6 Å². The molecule has 0 bridgehead atoms. The predicted octanol–water partition coefficient (Wildman–Crippen LogP) is -0.401. The lowest BCUT2D eigenvalue weighted by molar-refractivity contribution is 0.251. The minimum Gasteiger partial charge on any atom is -0.368 e. The Labute approximate surface area is 63.8 Å². The number of hydrogen-bond donors (Lipinski definition) is 3. The molecule has 0 rings (SSSR count). The van der Waals surface area contributed by atoms with E-state index >= 15 is 0 Å². The van der Waals surface area contributed by atoms with Gasteiger partial charge in [-0.3, -0.25) is 0 Å². The molecule has 0 aliphatic carbocycles. The van der Waals surface area contributed by atoms with E-state index in [1.807, 2.05) is 0 Å². The first kappa shape index (κ1) is 8.96. The van der Waals surface area contributed by atoms with Crippen molar-refractivity contribution >= 4 is 31.3 Å². The van der Waals surface area contributed by atoms with E-state index in [2.05, 4.69) is 34.6 Å². The van der Waals surface area contributed by atoms with Crippen LogP contribution in [0.4, 0.5) is 4.79 Å². The van der Waals surface area contributed by atoms with Crippen LogP contribution in [-0.2, 0) is 0 Å². The molecule has 0 aliphatic rings. The van der Waals surface area contributed by atoms with Gasteiger partial charge in [-0.15, -0.1) is 0 Å². The number of carbonyl (C=O) groups excluding carboxylic acids is 1. The molecule has 0 unspecified atom stereocenters. The third kappa shape index (κ3) is 3.90. The van der Waals surface area contributed by atoms with Crippen molar-refractivity contribution in [3.8, 4) is 0 Å². The standard InChI is InChI=1S/C4H8N4OS/c1-6-3(5)8-4(9)7-2-10/h10H,1-2H2,(H3,5,7,8,9). The van der Waals surface area contributed by atoms with E-state index in [9.17, 15) is 4.79 Å². The highest BCUT2D eigenvalue weighted by Gasteiger charge is 1.94. The molecule has 5 nitrogen and oxygen atoms in total. The summed E-state index contributed by atoms with van der Waals surface area (Å²) in [7, 11) is 0. The summed E-state index contributed by atoms with van der Waals surface area (Å²) >= 11 is 3.72. The van der Waals surface area contributed by atoms with Crippen molar-refractivity contribution in [2.24, 2.45) is 15.7 Å². The third-order valence-electron chi connectivity index (χ3n) is 0.608. The van der Waals surface area contributed by atoms with E-state index in [1.165, 1.54) is 0 Å². The van der Waals surface area contributed by atoms with Gasteiger partial charge in [0.1, 0.15) is 0 Å². The number of guanidine groups is 1. The molecule has 0 spiro atoms. The maximum absolute atomic E-state index is 10.5. The van der Waals surface area contributed by atoms with E-state index in [0.717, 1.165) is 0 Å². The van der Waals surface area contributed by atoms with Crippen LogP contribution in [0.5, 0.6) is 0 Å². The van der Waals surface area contributed by atoms with Gasteiger partial charge in [-0.25, -0.2) is 9.79 Å². The highest BCUT2D eigenvalue weighted by molar-refractivity contribution is 7.80. The zero-order valence-electron chi connectivity index (χ0n) is 5.24. The van der Waals surface area contributed by atoms with Gasteiger partial charge >= 0.3 is 6.03 Å². The molecular formula is C4H8N4OS. The first-order valence-electron chi connectivity index (χ1n) is 2.40. The summed E-state index contributed by atoms with van der Waals surface area (Å²) in [4.78, 5) is 17.0. The Balaban J connectivity index is 3.86. The van der Waals surface area contributed by atoms with Crippen LogP contribution in [0.25, 0.3) is 0 Å². The average molecular weight is 160 g/mol. The van der Waals surface area contributed by atoms with Crippen molar-refractivity contribution < 1.29 is 4.79 Å². The zero-order valence-corrected chi connectivity index (χ0v) is 6.14. The molecule has 0 saturated heterocycles. The van der Waals surface area contributed by atoms with Gasteiger partial charge in [0, 0.05) is 0 Å². The van der Waals surface area contributed by atoms with E-state index in [-0.39, 0.29) is 11.8 Å². The molecule has 56 valence electrons. The lowest BCUT2D eigenvalue weighted by atomic mass is 10.9. The molecule has 0 fully saturated rings. The van der Waals surface area contributed by atoms with Gasteiger partial charge < -0.3 is 11.1 Å². The summed E-state index contributed by atoms with van der Waals surface area (Å²) in [5.74, 6) is 0.0616. The van der Waals surface area contributed by atoms with E-state index < -0.39 is 6.03 Å². The van der Waals surface area contributed by atoms with E-state index in [0.29, 0.717) is 0 Å². The third-order valence-corrected chi connectivity index (χ3v) is 0.766. The normalized spacial score (nSPS) is 10.7. The number of amides is 2. The fraction of sp³-hybridized carbons (Fsp3) is 0.250. The van der Waals surface area contributed by atoms with Crippen molar-refractivity contribution in [3.63, 3.8) is 0 Å². The van der Waals surface area contributed by atoms with Crippen molar-refractivity contribution in [3.05, 3.63) is 0 Å². The molecule has 6 heteroatoms. The number of urea groups is 1. The number of nitrogens with zero attached hydrogens (tertiary/aromatic N) is 2. The van der Waals surface area contributed by atoms with Crippen molar-refractivity contribution in [2.75, 3.05) is 5.88 Å². The molecule has 0 aromatic rings. The second-order valence-corrected chi connectivity index (χ2v) is 1.58. The molecular weight excluding hydrogens is 152 g/mol. The lowest BCUT2D eigenvalue weighted by Crippen LogP contribution is -2.21. The lowest BCUT2D eigenvalue weighted by Gasteiger charge is -1.93. The summed E-state index contributed by atoms with van der Waals surface area (Å²) in [6.07, 6.45) is 0. The second kappa shape index (κ2) is 4.80. The Hall–Kier alpha value is -1.04. The molecule has 0 aromatic carbocycles. The van der Waals surface area contributed by atoms with Crippen LogP contribution < -0.4 is 11.1 Å². The molecule has 0 saturated carbocycles. The SMILES string of the molecule is C=N/C(N)=N\C(=O)NCS. The van der Waals surface area contributed by atoms with Gasteiger partial charge in [-0.05, 0) is 6.72 Å². The minimum atomic E-state index is -0.570. The highest BCUT2D eigenvalue weighted by atomic mass is 32.1. The minimum absolute atomic E-state index is 0.153. The molecule has 0 radical (unpaired) electrons. The maximum Gasteiger partial charge on any atom is 0.344 e. The molecule has 10 heavy (non-hydrogen) atoms. The Kier molecular flexibility index (Phi) is 4.30. The number of hydrogen-bond acceptors (Lipinski definition) is 2. The smallest absolute Gasteiger partial charge is 0.344 e. The predicted molar refractivity (Wildman–Crippen MR) is 43.6 cm³/mol. The van der Waals surface area contributed by atoms with Gasteiger partial charge in [0.25, 0.3) is 0 Å². The second-order valence-electron chi connectivity index (χ2n) is 1.27. The van der Waals surface area contributed by atoms with Crippen LogP contribution in [0, 0.1) is 0 Å². The number of rotatable bonds is 1. The molecule has 3 N–H and O–H groups in total. The van der Waals surface area contributed by atoms with Crippen LogP contribution >= 0.6 is 12.6 Å². The molecule has 0 atom stereocenters. The maximum atomic E-state index is 10.5. The van der Waals surface area contributed by atoms with Gasteiger partial charge in [-0.1, -0.05) is 0 Å². The monoisotopic (exact) mass is 160 g/mol. The Bertz CT molecular complexity index is 167. The zero-order chi connectivity index (χ0) is 7.98. The number of thiol groups is 1. The van der Waals surface area contributed by atoms with Crippen LogP contribution in [0.15, 0.2) is 9.98 Å². The fourth-order valence-corrected chi connectivity index (χ4v) is 0.382. The van der Waals surface area contributed by atoms with Crippen LogP contribution in [0.2, 0.25) is 0 Å². The van der Waals surface area contributed by atoms with Gasteiger partial charge in [0.2, 0.25) is 5.96 Å². The Morgan fingerprint density at radius 1 is 1.80 bits per heavy atom. The first-order chi connectivity index (χ1) is 4.70. The van der Waals surface area contributed by atoms with Crippen LogP contribution in [0.1, 0.15) is 0 Å². The first-order valence-corrected chi connectivity index (χ1v) is 3.03. The molecule has 0 heterocycles. The quantitative estimate of drug-likeness (QED) is 0.211. The molecule has 0 aromatic heterocycles. The summed E-state index contributed by atoms with van der Waals surface area (Å²) in [6, 6.07) is -0.570. The Morgan fingerprint density at radius 2 is 2.40 bits per heavy atom. The number of nitrogens with two attached hydrogens (primary N) is 1.